The monoisotopic (exact) mass is 411 g/mol. The summed E-state index contributed by atoms with van der Waals surface area (Å²) in [6.45, 7) is 2.05. The third-order valence-corrected chi connectivity index (χ3v) is 5.23. The Morgan fingerprint density at radius 1 is 1.23 bits per heavy atom. The van der Waals surface area contributed by atoms with E-state index in [-0.39, 0.29) is 24.4 Å². The van der Waals surface area contributed by atoms with Crippen LogP contribution in [0.5, 0.6) is 5.75 Å². The molecular formula is C22H29N5O3. The summed E-state index contributed by atoms with van der Waals surface area (Å²) in [7, 11) is 5.43. The van der Waals surface area contributed by atoms with Crippen molar-refractivity contribution in [1.82, 2.24) is 20.2 Å². The summed E-state index contributed by atoms with van der Waals surface area (Å²) >= 11 is 0. The van der Waals surface area contributed by atoms with Crippen LogP contribution in [0.2, 0.25) is 0 Å². The van der Waals surface area contributed by atoms with E-state index in [1.54, 1.807) is 7.11 Å². The molecule has 1 saturated heterocycles. The van der Waals surface area contributed by atoms with Crippen molar-refractivity contribution < 1.29 is 14.3 Å². The van der Waals surface area contributed by atoms with Crippen LogP contribution in [-0.2, 0) is 9.59 Å². The van der Waals surface area contributed by atoms with Gasteiger partial charge in [0, 0.05) is 39.3 Å². The Hall–Kier alpha value is -3.16. The standard InChI is InChI=1S/C22H29N5O3/c1-15(28)23-14-20(29)27-12-6-5-7-19(27)21-18(13-24-22(25-21)26(2)3)16-8-10-17(30-4)11-9-16/h8-11,13,19H,5-7,12,14H2,1-4H3,(H,23,28)/t19-/m1/s1. The molecule has 0 unspecified atom stereocenters. The average molecular weight is 412 g/mol. The second-order valence-corrected chi connectivity index (χ2v) is 7.60. The van der Waals surface area contributed by atoms with Crippen molar-refractivity contribution in [2.24, 2.45) is 0 Å². The number of carbonyl (C=O) groups excluding carboxylic acids is 2. The van der Waals surface area contributed by atoms with Crippen LogP contribution in [0.25, 0.3) is 11.1 Å². The van der Waals surface area contributed by atoms with Gasteiger partial charge < -0.3 is 19.9 Å². The predicted octanol–water partition coefficient (Wildman–Crippen LogP) is 2.41. The molecule has 1 aromatic heterocycles. The van der Waals surface area contributed by atoms with Gasteiger partial charge in [-0.3, -0.25) is 9.59 Å². The van der Waals surface area contributed by atoms with Crippen molar-refractivity contribution in [2.45, 2.75) is 32.2 Å². The van der Waals surface area contributed by atoms with Crippen LogP contribution >= 0.6 is 0 Å². The highest BCUT2D eigenvalue weighted by Crippen LogP contribution is 2.36. The lowest BCUT2D eigenvalue weighted by Crippen LogP contribution is -2.44. The van der Waals surface area contributed by atoms with Crippen molar-refractivity contribution in [3.8, 4) is 16.9 Å². The van der Waals surface area contributed by atoms with Gasteiger partial charge in [-0.25, -0.2) is 9.97 Å². The molecule has 0 bridgehead atoms. The number of piperidine rings is 1. The Balaban J connectivity index is 2.02. The van der Waals surface area contributed by atoms with Gasteiger partial charge in [-0.05, 0) is 37.0 Å². The summed E-state index contributed by atoms with van der Waals surface area (Å²) in [6, 6.07) is 7.59. The molecule has 2 heterocycles. The molecule has 0 radical (unpaired) electrons. The fraction of sp³-hybridized carbons (Fsp3) is 0.455. The van der Waals surface area contributed by atoms with E-state index in [0.29, 0.717) is 12.5 Å². The van der Waals surface area contributed by atoms with Crippen molar-refractivity contribution in [1.29, 1.82) is 0 Å². The van der Waals surface area contributed by atoms with Gasteiger partial charge >= 0.3 is 0 Å². The zero-order valence-electron chi connectivity index (χ0n) is 18.0. The fourth-order valence-corrected chi connectivity index (χ4v) is 3.66. The van der Waals surface area contributed by atoms with E-state index in [9.17, 15) is 9.59 Å². The highest BCUT2D eigenvalue weighted by Gasteiger charge is 2.31. The lowest BCUT2D eigenvalue weighted by molar-refractivity contribution is -0.135. The summed E-state index contributed by atoms with van der Waals surface area (Å²) in [6.07, 6.45) is 4.59. The number of methoxy groups -OCH3 is 1. The third kappa shape index (κ3) is 4.87. The number of benzene rings is 1. The maximum absolute atomic E-state index is 12.9. The first kappa shape index (κ1) is 21.5. The molecule has 8 nitrogen and oxygen atoms in total. The number of likely N-dealkylation sites (tertiary alicyclic amines) is 1. The molecule has 0 aliphatic carbocycles. The van der Waals surface area contributed by atoms with Crippen molar-refractivity contribution in [3.05, 3.63) is 36.2 Å². The van der Waals surface area contributed by atoms with E-state index in [2.05, 4.69) is 10.3 Å². The lowest BCUT2D eigenvalue weighted by atomic mass is 9.93. The summed E-state index contributed by atoms with van der Waals surface area (Å²) in [5.41, 5.74) is 2.69. The number of nitrogens with zero attached hydrogens (tertiary/aromatic N) is 4. The number of aromatic nitrogens is 2. The zero-order valence-corrected chi connectivity index (χ0v) is 18.0. The molecule has 0 saturated carbocycles. The maximum Gasteiger partial charge on any atom is 0.242 e. The van der Waals surface area contributed by atoms with E-state index < -0.39 is 0 Å². The van der Waals surface area contributed by atoms with Gasteiger partial charge in [-0.15, -0.1) is 0 Å². The smallest absolute Gasteiger partial charge is 0.242 e. The molecule has 160 valence electrons. The van der Waals surface area contributed by atoms with E-state index >= 15 is 0 Å². The Labute approximate surface area is 177 Å². The molecule has 1 aliphatic rings. The molecule has 1 atom stereocenters. The first-order valence-electron chi connectivity index (χ1n) is 10.1. The third-order valence-electron chi connectivity index (χ3n) is 5.23. The van der Waals surface area contributed by atoms with Gasteiger partial charge in [0.1, 0.15) is 5.75 Å². The predicted molar refractivity (Wildman–Crippen MR) is 115 cm³/mol. The Morgan fingerprint density at radius 2 is 1.97 bits per heavy atom. The highest BCUT2D eigenvalue weighted by atomic mass is 16.5. The minimum atomic E-state index is -0.215. The van der Waals surface area contributed by atoms with Crippen LogP contribution in [0.3, 0.4) is 0 Å². The van der Waals surface area contributed by atoms with Gasteiger partial charge in [0.25, 0.3) is 0 Å². The normalized spacial score (nSPS) is 16.1. The minimum Gasteiger partial charge on any atom is -0.497 e. The van der Waals surface area contributed by atoms with Crippen LogP contribution in [0.15, 0.2) is 30.5 Å². The Morgan fingerprint density at radius 3 is 2.60 bits per heavy atom. The van der Waals surface area contributed by atoms with Crippen molar-refractivity contribution >= 4 is 17.8 Å². The molecule has 30 heavy (non-hydrogen) atoms. The topological polar surface area (TPSA) is 87.7 Å². The molecule has 1 aliphatic heterocycles. The largest absolute Gasteiger partial charge is 0.497 e. The number of carbonyl (C=O) groups is 2. The number of hydrogen-bond donors (Lipinski definition) is 1. The SMILES string of the molecule is COc1ccc(-c2cnc(N(C)C)nc2[C@H]2CCCCN2C(=O)CNC(C)=O)cc1. The Kier molecular flexibility index (Phi) is 6.87. The van der Waals surface area contributed by atoms with Crippen LogP contribution in [0.1, 0.15) is 37.9 Å². The summed E-state index contributed by atoms with van der Waals surface area (Å²) in [4.78, 5) is 37.2. The van der Waals surface area contributed by atoms with Crippen LogP contribution in [0, 0.1) is 0 Å². The van der Waals surface area contributed by atoms with Crippen LogP contribution in [-0.4, -0.2) is 61.0 Å². The average Bonchev–Trinajstić information content (AvgIpc) is 2.77. The van der Waals surface area contributed by atoms with Gasteiger partial charge in [-0.2, -0.15) is 0 Å². The quantitative estimate of drug-likeness (QED) is 0.785. The summed E-state index contributed by atoms with van der Waals surface area (Å²) in [5, 5.41) is 2.62. The van der Waals surface area contributed by atoms with Crippen molar-refractivity contribution in [2.75, 3.05) is 39.2 Å². The first-order chi connectivity index (χ1) is 14.4. The Bertz CT molecular complexity index is 898. The second kappa shape index (κ2) is 9.56. The molecule has 0 spiro atoms. The first-order valence-corrected chi connectivity index (χ1v) is 10.1. The minimum absolute atomic E-state index is 0.00464. The molecule has 2 aromatic rings. The number of hydrogen-bond acceptors (Lipinski definition) is 6. The van der Waals surface area contributed by atoms with Gasteiger partial charge in [0.2, 0.25) is 17.8 Å². The zero-order chi connectivity index (χ0) is 21.7. The van der Waals surface area contributed by atoms with Gasteiger partial charge in [0.05, 0.1) is 25.4 Å². The fourth-order valence-electron chi connectivity index (χ4n) is 3.66. The molecule has 1 aromatic carbocycles. The van der Waals surface area contributed by atoms with Crippen LogP contribution < -0.4 is 15.0 Å². The number of anilines is 1. The molecule has 2 amide bonds. The van der Waals surface area contributed by atoms with Crippen molar-refractivity contribution in [3.63, 3.8) is 0 Å². The molecule has 1 N–H and O–H groups in total. The number of nitrogens with one attached hydrogen (secondary N) is 1. The molecule has 3 rings (SSSR count). The number of amides is 2. The van der Waals surface area contributed by atoms with E-state index in [4.69, 9.17) is 9.72 Å². The lowest BCUT2D eigenvalue weighted by Gasteiger charge is -2.36. The maximum atomic E-state index is 12.9. The van der Waals surface area contributed by atoms with Crippen LogP contribution in [0.4, 0.5) is 5.95 Å². The van der Waals surface area contributed by atoms with Gasteiger partial charge in [0.15, 0.2) is 0 Å². The molecule has 1 fully saturated rings. The second-order valence-electron chi connectivity index (χ2n) is 7.60. The number of rotatable bonds is 6. The van der Waals surface area contributed by atoms with E-state index in [1.165, 1.54) is 6.92 Å². The highest BCUT2D eigenvalue weighted by molar-refractivity contribution is 5.84. The van der Waals surface area contributed by atoms with E-state index in [1.807, 2.05) is 54.4 Å². The molecule has 8 heteroatoms. The summed E-state index contributed by atoms with van der Waals surface area (Å²) < 4.78 is 5.27. The number of ether oxygens (including phenoxy) is 1. The van der Waals surface area contributed by atoms with Gasteiger partial charge in [-0.1, -0.05) is 12.1 Å². The summed E-state index contributed by atoms with van der Waals surface area (Å²) in [5.74, 6) is 1.06. The van der Waals surface area contributed by atoms with E-state index in [0.717, 1.165) is 41.8 Å². The molecular weight excluding hydrogens is 382 g/mol.